The molecule has 0 N–H and O–H groups in total. The van der Waals surface area contributed by atoms with E-state index in [4.69, 9.17) is 0 Å². The number of anilines is 12. The standard InChI is InChI=1S/C96H62B2N6SSe/c1-7-32-63(33-8-1)99(64-34-9-2-10-35-64)69-58-87-93-89(60-69)105-95-77(97(93)75-48-23-29-54-83(75)101(87)67-40-15-5-16-41-67)62-78-96(92(95)91-85(103-79-50-25-19-44-71(79)72-45-20-26-51-80(72)103)56-31-57-86(91)104-81-52-27-21-46-73(81)74-47-22-28-53-82(74)104)106-90-61-70(100(65-36-11-3-12-37-65)66-38-13-4-14-39-66)59-88-94(90)98(78)76-49-24-30-55-84(76)102(88)68-42-17-6-18-43-68/h1-62H. The molecule has 0 fully saturated rings. The third-order valence-corrected chi connectivity index (χ3v) is 25.8. The number of benzene rings is 16. The van der Waals surface area contributed by atoms with Crippen molar-refractivity contribution in [3.8, 4) is 22.5 Å². The topological polar surface area (TPSA) is 22.8 Å². The number of rotatable bonds is 11. The molecule has 0 saturated carbocycles. The summed E-state index contributed by atoms with van der Waals surface area (Å²) in [5.74, 6) is 0. The van der Waals surface area contributed by atoms with Crippen LogP contribution in [0.2, 0.25) is 0 Å². The van der Waals surface area contributed by atoms with Crippen molar-refractivity contribution in [3.05, 3.63) is 376 Å². The molecule has 4 aliphatic heterocycles. The zero-order chi connectivity index (χ0) is 69.5. The summed E-state index contributed by atoms with van der Waals surface area (Å²) in [5, 5.41) is 4.88. The van der Waals surface area contributed by atoms with Crippen molar-refractivity contribution in [2.45, 2.75) is 9.79 Å². The summed E-state index contributed by atoms with van der Waals surface area (Å²) in [5.41, 5.74) is 30.8. The van der Waals surface area contributed by atoms with Gasteiger partial charge < -0.3 is 0 Å². The second-order valence-electron chi connectivity index (χ2n) is 27.8. The molecule has 0 aliphatic carbocycles. The van der Waals surface area contributed by atoms with Gasteiger partial charge in [-0.25, -0.2) is 0 Å². The van der Waals surface area contributed by atoms with Gasteiger partial charge in [-0.3, -0.25) is 0 Å². The SMILES string of the molecule is c1ccc(N(c2ccccc2)c2cc3c4c(c2)N(c2ccccc2)c2ccccc2B4c2cc4c(c(-c5c(-n6c7ccccc7c7ccccc76)cccc5-n5c6ccccc6c6ccccc65)c2S3)[Se]c2cc(N(c3ccccc3)c3ccccc3)cc3c2B4c2ccccc2N3c2ccccc2)cc1. The molecule has 0 saturated heterocycles. The van der Waals surface area contributed by atoms with Gasteiger partial charge in [0, 0.05) is 0 Å². The Balaban J connectivity index is 0.923. The first kappa shape index (κ1) is 60.9. The molecule has 0 amide bonds. The molecule has 0 unspecified atom stereocenters. The van der Waals surface area contributed by atoms with E-state index >= 15 is 0 Å². The van der Waals surface area contributed by atoms with Crippen molar-refractivity contribution >= 4 is 194 Å². The fourth-order valence-electron chi connectivity index (χ4n) is 17.9. The van der Waals surface area contributed by atoms with Crippen LogP contribution in [-0.2, 0) is 0 Å². The minimum absolute atomic E-state index is 0.179. The minimum atomic E-state index is -0.351. The van der Waals surface area contributed by atoms with Gasteiger partial charge in [-0.05, 0) is 0 Å². The van der Waals surface area contributed by atoms with E-state index < -0.39 is 0 Å². The molecule has 4 aliphatic rings. The average Bonchev–Trinajstić information content (AvgIpc) is 0.707. The van der Waals surface area contributed by atoms with Crippen molar-refractivity contribution in [2.24, 2.45) is 0 Å². The zero-order valence-electron chi connectivity index (χ0n) is 57.5. The number of hydrogen-bond donors (Lipinski definition) is 0. The first-order valence-electron chi connectivity index (χ1n) is 36.4. The van der Waals surface area contributed by atoms with Crippen LogP contribution in [0.15, 0.2) is 386 Å². The Labute approximate surface area is 626 Å². The Hall–Kier alpha value is -12.7. The van der Waals surface area contributed by atoms with E-state index in [1.54, 1.807) is 0 Å². The first-order chi connectivity index (χ1) is 52.7. The van der Waals surface area contributed by atoms with Crippen LogP contribution in [0, 0.1) is 0 Å². The Morgan fingerprint density at radius 1 is 0.264 bits per heavy atom. The van der Waals surface area contributed by atoms with Gasteiger partial charge in [0.25, 0.3) is 0 Å². The summed E-state index contributed by atoms with van der Waals surface area (Å²) < 4.78 is 7.95. The molecule has 16 aromatic carbocycles. The summed E-state index contributed by atoms with van der Waals surface area (Å²) >= 11 is 1.63. The number of aromatic nitrogens is 2. The van der Waals surface area contributed by atoms with Crippen molar-refractivity contribution < 1.29 is 0 Å². The molecule has 0 radical (unpaired) electrons. The maximum atomic E-state index is 2.74. The van der Waals surface area contributed by atoms with Gasteiger partial charge in [-0.1, -0.05) is 0 Å². The average molecular weight is 1430 g/mol. The van der Waals surface area contributed by atoms with Crippen LogP contribution in [0.5, 0.6) is 0 Å². The third kappa shape index (κ3) is 9.28. The van der Waals surface area contributed by atoms with Crippen LogP contribution < -0.4 is 61.3 Å². The van der Waals surface area contributed by atoms with E-state index in [-0.39, 0.29) is 28.4 Å². The molecule has 0 atom stereocenters. The molecule has 22 rings (SSSR count). The number of nitrogens with zero attached hydrogens (tertiary/aromatic N) is 6. The molecule has 106 heavy (non-hydrogen) atoms. The maximum absolute atomic E-state index is 2.74. The van der Waals surface area contributed by atoms with Crippen LogP contribution in [0.25, 0.3) is 66.1 Å². The van der Waals surface area contributed by atoms with Crippen LogP contribution in [0.1, 0.15) is 0 Å². The van der Waals surface area contributed by atoms with Crippen LogP contribution in [-0.4, -0.2) is 37.5 Å². The van der Waals surface area contributed by atoms with Crippen LogP contribution >= 0.6 is 11.8 Å². The number of hydrogen-bond acceptors (Lipinski definition) is 5. The Morgan fingerprint density at radius 2 is 0.623 bits per heavy atom. The Morgan fingerprint density at radius 3 is 1.07 bits per heavy atom. The molecular weight excluding hydrogens is 1370 g/mol. The van der Waals surface area contributed by atoms with Crippen LogP contribution in [0.3, 0.4) is 0 Å². The molecule has 2 aromatic heterocycles. The van der Waals surface area contributed by atoms with E-state index in [1.807, 2.05) is 11.8 Å². The first-order valence-corrected chi connectivity index (χ1v) is 38.9. The normalized spacial score (nSPS) is 12.9. The molecule has 494 valence electrons. The van der Waals surface area contributed by atoms with Gasteiger partial charge in [-0.2, -0.15) is 0 Å². The van der Waals surface area contributed by atoms with Gasteiger partial charge in [0.15, 0.2) is 0 Å². The Kier molecular flexibility index (Phi) is 14.1. The number of para-hydroxylation sites is 12. The van der Waals surface area contributed by atoms with Crippen molar-refractivity contribution in [1.29, 1.82) is 0 Å². The van der Waals surface area contributed by atoms with Gasteiger partial charge in [0.1, 0.15) is 0 Å². The van der Waals surface area contributed by atoms with E-state index in [1.165, 1.54) is 107 Å². The molecular formula is C96H62B2N6SSe. The van der Waals surface area contributed by atoms with Gasteiger partial charge in [-0.15, -0.1) is 0 Å². The zero-order valence-corrected chi connectivity index (χ0v) is 60.0. The van der Waals surface area contributed by atoms with E-state index in [9.17, 15) is 0 Å². The molecule has 6 nitrogen and oxygen atoms in total. The predicted octanol–water partition coefficient (Wildman–Crippen LogP) is 19.5. The van der Waals surface area contributed by atoms with Gasteiger partial charge in [0.2, 0.25) is 0 Å². The molecule has 0 spiro atoms. The fraction of sp³-hybridized carbons (Fsp3) is 0. The monoisotopic (exact) mass is 1430 g/mol. The summed E-state index contributed by atoms with van der Waals surface area (Å²) in [6, 6.07) is 141. The van der Waals surface area contributed by atoms with Gasteiger partial charge in [0.05, 0.1) is 0 Å². The predicted molar refractivity (Wildman–Crippen MR) is 451 cm³/mol. The summed E-state index contributed by atoms with van der Waals surface area (Å²) in [4.78, 5) is 12.6. The Bertz CT molecular complexity index is 6000. The number of fused-ring (bicyclic) bond motifs is 14. The van der Waals surface area contributed by atoms with Crippen LogP contribution in [0.4, 0.5) is 68.2 Å². The molecule has 6 heterocycles. The molecule has 10 heteroatoms. The summed E-state index contributed by atoms with van der Waals surface area (Å²) in [6.07, 6.45) is 0. The van der Waals surface area contributed by atoms with E-state index in [2.05, 4.69) is 405 Å². The van der Waals surface area contributed by atoms with Crippen molar-refractivity contribution in [1.82, 2.24) is 9.13 Å². The summed E-state index contributed by atoms with van der Waals surface area (Å²) in [6.45, 7) is -0.378. The quantitative estimate of drug-likeness (QED) is 0.120. The van der Waals surface area contributed by atoms with Crippen molar-refractivity contribution in [2.75, 3.05) is 19.6 Å². The second-order valence-corrected chi connectivity index (χ2v) is 31.1. The second kappa shape index (κ2) is 24.5. The van der Waals surface area contributed by atoms with E-state index in [0.29, 0.717) is 0 Å². The van der Waals surface area contributed by atoms with E-state index in [0.717, 1.165) is 78.9 Å². The molecule has 0 bridgehead atoms. The van der Waals surface area contributed by atoms with Crippen molar-refractivity contribution in [3.63, 3.8) is 0 Å². The molecule has 18 aromatic rings. The van der Waals surface area contributed by atoms with Gasteiger partial charge >= 0.3 is 631 Å². The fourth-order valence-corrected chi connectivity index (χ4v) is 22.2. The summed E-state index contributed by atoms with van der Waals surface area (Å²) in [7, 11) is 0. The third-order valence-electron chi connectivity index (χ3n) is 22.1.